The third-order valence-electron chi connectivity index (χ3n) is 5.63. The number of nitrogens with zero attached hydrogens (tertiary/aromatic N) is 5. The van der Waals surface area contributed by atoms with Crippen LogP contribution in [0.2, 0.25) is 0 Å². The zero-order valence-corrected chi connectivity index (χ0v) is 20.8. The van der Waals surface area contributed by atoms with Crippen LogP contribution in [0.15, 0.2) is 60.8 Å². The van der Waals surface area contributed by atoms with Gasteiger partial charge in [0.25, 0.3) is 0 Å². The summed E-state index contributed by atoms with van der Waals surface area (Å²) in [6.45, 7) is 4.19. The van der Waals surface area contributed by atoms with Crippen molar-refractivity contribution < 1.29 is 21.6 Å². The number of aryl methyl sites for hydroxylation is 1. The fraction of sp³-hybridized carbons (Fsp3) is 0.250. The molecule has 13 heteroatoms. The van der Waals surface area contributed by atoms with Crippen LogP contribution in [0, 0.1) is 6.92 Å². The first kappa shape index (κ1) is 26.1. The predicted molar refractivity (Wildman–Crippen MR) is 134 cm³/mol. The summed E-state index contributed by atoms with van der Waals surface area (Å²) in [5.41, 5.74) is -1.82. The van der Waals surface area contributed by atoms with Crippen LogP contribution >= 0.6 is 0 Å². The Hall–Kier alpha value is -4.00. The number of nitrogens with one attached hydrogen (secondary N) is 2. The summed E-state index contributed by atoms with van der Waals surface area (Å²) in [5.74, 6) is 0.592. The van der Waals surface area contributed by atoms with E-state index in [0.29, 0.717) is 30.9 Å². The highest BCUT2D eigenvalue weighted by molar-refractivity contribution is 7.93. The molecular formula is C24H24F3N7O2S. The van der Waals surface area contributed by atoms with Gasteiger partial charge in [-0.1, -0.05) is 55.5 Å². The number of halogens is 3. The van der Waals surface area contributed by atoms with E-state index in [1.54, 1.807) is 9.62 Å². The van der Waals surface area contributed by atoms with E-state index in [4.69, 9.17) is 0 Å². The molecule has 0 aliphatic rings. The van der Waals surface area contributed by atoms with Crippen molar-refractivity contribution in [3.63, 3.8) is 0 Å². The first-order chi connectivity index (χ1) is 17.6. The number of alkyl halides is 3. The van der Waals surface area contributed by atoms with Crippen molar-refractivity contribution in [3.05, 3.63) is 71.9 Å². The Morgan fingerprint density at radius 1 is 1.03 bits per heavy atom. The molecule has 0 aliphatic carbocycles. The van der Waals surface area contributed by atoms with E-state index in [-0.39, 0.29) is 11.5 Å². The summed E-state index contributed by atoms with van der Waals surface area (Å²) in [6.07, 6.45) is 2.11. The second kappa shape index (κ2) is 10.5. The lowest BCUT2D eigenvalue weighted by atomic mass is 9.98. The van der Waals surface area contributed by atoms with Gasteiger partial charge >= 0.3 is 15.5 Å². The highest BCUT2D eigenvalue weighted by Gasteiger charge is 2.46. The minimum atomic E-state index is -5.61. The predicted octanol–water partition coefficient (Wildman–Crippen LogP) is 4.92. The molecule has 0 saturated carbocycles. The minimum Gasteiger partial charge on any atom is -0.351 e. The number of benzene rings is 2. The van der Waals surface area contributed by atoms with Gasteiger partial charge in [0.05, 0.1) is 5.69 Å². The number of tetrazole rings is 1. The topological polar surface area (TPSA) is 117 Å². The molecule has 0 atom stereocenters. The largest absolute Gasteiger partial charge is 0.516 e. The van der Waals surface area contributed by atoms with Gasteiger partial charge in [0.2, 0.25) is 5.82 Å². The standard InChI is InChI=1S/C24H24F3N7O2S/c1-3-14-34(23-21(16(2)12-13-28-23)31-37(35,36)24(25,26)27)15-17-8-10-18(11-9-17)19-6-4-5-7-20(19)22-29-32-33-30-22/h4-13,31H,3,14-15H2,1-2H3,(H,29,30,32,33). The third-order valence-corrected chi connectivity index (χ3v) is 6.71. The number of pyridine rings is 1. The number of anilines is 2. The fourth-order valence-corrected chi connectivity index (χ4v) is 4.48. The Morgan fingerprint density at radius 3 is 2.35 bits per heavy atom. The average molecular weight is 532 g/mol. The Kier molecular flexibility index (Phi) is 7.43. The van der Waals surface area contributed by atoms with Crippen LogP contribution in [0.5, 0.6) is 0 Å². The average Bonchev–Trinajstić information content (AvgIpc) is 3.40. The monoisotopic (exact) mass is 531 g/mol. The molecule has 0 fully saturated rings. The van der Waals surface area contributed by atoms with E-state index in [1.165, 1.54) is 19.2 Å². The van der Waals surface area contributed by atoms with Crippen LogP contribution in [0.4, 0.5) is 24.7 Å². The molecule has 9 nitrogen and oxygen atoms in total. The highest BCUT2D eigenvalue weighted by atomic mass is 32.2. The number of aromatic amines is 1. The summed E-state index contributed by atoms with van der Waals surface area (Å²) in [4.78, 5) is 5.99. The summed E-state index contributed by atoms with van der Waals surface area (Å²) in [7, 11) is -5.61. The number of aromatic nitrogens is 5. The Morgan fingerprint density at radius 2 is 1.73 bits per heavy atom. The minimum absolute atomic E-state index is 0.126. The van der Waals surface area contributed by atoms with E-state index in [1.807, 2.05) is 55.5 Å². The quantitative estimate of drug-likeness (QED) is 0.315. The number of H-pyrrole nitrogens is 1. The molecule has 0 spiro atoms. The molecule has 2 heterocycles. The van der Waals surface area contributed by atoms with E-state index >= 15 is 0 Å². The van der Waals surface area contributed by atoms with Crippen molar-refractivity contribution in [2.75, 3.05) is 16.2 Å². The van der Waals surface area contributed by atoms with Gasteiger partial charge in [-0.2, -0.15) is 26.8 Å². The number of rotatable bonds is 9. The number of hydrogen-bond donors (Lipinski definition) is 2. The fourth-order valence-electron chi connectivity index (χ4n) is 3.85. The maximum Gasteiger partial charge on any atom is 0.516 e. The van der Waals surface area contributed by atoms with Crippen LogP contribution in [-0.4, -0.2) is 46.1 Å². The molecule has 0 radical (unpaired) electrons. The SMILES string of the molecule is CCCN(Cc1ccc(-c2ccccc2-c2nn[nH]n2)cc1)c1nccc(C)c1NS(=O)(=O)C(F)(F)F. The lowest BCUT2D eigenvalue weighted by Gasteiger charge is -2.27. The molecule has 2 aromatic heterocycles. The molecule has 37 heavy (non-hydrogen) atoms. The van der Waals surface area contributed by atoms with E-state index in [0.717, 1.165) is 22.3 Å². The zero-order chi connectivity index (χ0) is 26.6. The van der Waals surface area contributed by atoms with Gasteiger partial charge in [-0.05, 0) is 46.9 Å². The van der Waals surface area contributed by atoms with Gasteiger partial charge < -0.3 is 4.90 Å². The highest BCUT2D eigenvalue weighted by Crippen LogP contribution is 2.34. The molecule has 2 aromatic carbocycles. The van der Waals surface area contributed by atoms with Crippen LogP contribution in [0.3, 0.4) is 0 Å². The van der Waals surface area contributed by atoms with Gasteiger partial charge in [-0.3, -0.25) is 4.72 Å². The van der Waals surface area contributed by atoms with E-state index < -0.39 is 15.5 Å². The summed E-state index contributed by atoms with van der Waals surface area (Å²) in [6, 6.07) is 16.7. The van der Waals surface area contributed by atoms with Crippen molar-refractivity contribution >= 4 is 21.5 Å². The molecule has 4 aromatic rings. The number of hydrogen-bond acceptors (Lipinski definition) is 7. The van der Waals surface area contributed by atoms with Gasteiger partial charge in [0, 0.05) is 24.8 Å². The van der Waals surface area contributed by atoms with Crippen LogP contribution < -0.4 is 9.62 Å². The van der Waals surface area contributed by atoms with Crippen LogP contribution in [0.1, 0.15) is 24.5 Å². The first-order valence-electron chi connectivity index (χ1n) is 11.3. The lowest BCUT2D eigenvalue weighted by molar-refractivity contribution is -0.0429. The summed E-state index contributed by atoms with van der Waals surface area (Å²) < 4.78 is 64.6. The summed E-state index contributed by atoms with van der Waals surface area (Å²) >= 11 is 0. The van der Waals surface area contributed by atoms with E-state index in [9.17, 15) is 21.6 Å². The van der Waals surface area contributed by atoms with Gasteiger partial charge in [-0.15, -0.1) is 10.2 Å². The normalized spacial score (nSPS) is 11.9. The van der Waals surface area contributed by atoms with Crippen molar-refractivity contribution in [2.24, 2.45) is 0 Å². The summed E-state index contributed by atoms with van der Waals surface area (Å²) in [5, 5.41) is 14.2. The van der Waals surface area contributed by atoms with E-state index in [2.05, 4.69) is 25.6 Å². The first-order valence-corrected chi connectivity index (χ1v) is 12.8. The molecule has 0 aliphatic heterocycles. The number of sulfonamides is 1. The van der Waals surface area contributed by atoms with Crippen LogP contribution in [-0.2, 0) is 16.6 Å². The molecule has 0 bridgehead atoms. The Labute approximate surface area is 211 Å². The Bertz CT molecular complexity index is 1460. The molecule has 4 rings (SSSR count). The van der Waals surface area contributed by atoms with Crippen molar-refractivity contribution in [1.82, 2.24) is 25.6 Å². The van der Waals surface area contributed by atoms with Crippen molar-refractivity contribution in [2.45, 2.75) is 32.3 Å². The molecule has 194 valence electrons. The smallest absolute Gasteiger partial charge is 0.351 e. The Balaban J connectivity index is 1.64. The molecular weight excluding hydrogens is 507 g/mol. The molecule has 0 unspecified atom stereocenters. The molecule has 2 N–H and O–H groups in total. The maximum atomic E-state index is 13.1. The second-order valence-electron chi connectivity index (χ2n) is 8.28. The van der Waals surface area contributed by atoms with Gasteiger partial charge in [0.1, 0.15) is 0 Å². The van der Waals surface area contributed by atoms with Crippen molar-refractivity contribution in [1.29, 1.82) is 0 Å². The third kappa shape index (κ3) is 5.71. The molecule has 0 amide bonds. The second-order valence-corrected chi connectivity index (χ2v) is 9.95. The van der Waals surface area contributed by atoms with Crippen LogP contribution in [0.25, 0.3) is 22.5 Å². The molecule has 0 saturated heterocycles. The lowest BCUT2D eigenvalue weighted by Crippen LogP contribution is -2.32. The van der Waals surface area contributed by atoms with Gasteiger partial charge in [0.15, 0.2) is 5.82 Å². The van der Waals surface area contributed by atoms with Crippen molar-refractivity contribution in [3.8, 4) is 22.5 Å². The maximum absolute atomic E-state index is 13.1. The zero-order valence-electron chi connectivity index (χ0n) is 20.0. The van der Waals surface area contributed by atoms with Gasteiger partial charge in [-0.25, -0.2) is 4.98 Å².